The fourth-order valence-electron chi connectivity index (χ4n) is 3.43. The second-order valence-electron chi connectivity index (χ2n) is 7.20. The maximum atomic E-state index is 12.4. The number of methoxy groups -OCH3 is 1. The monoisotopic (exact) mass is 397 g/mol. The Bertz CT molecular complexity index is 890. The number of carbonyl (C=O) groups excluding carboxylic acids is 2. The van der Waals surface area contributed by atoms with Crippen LogP contribution >= 0.6 is 0 Å². The molecule has 1 aliphatic heterocycles. The molecule has 1 N–H and O–H groups in total. The minimum Gasteiger partial charge on any atom is -0.493 e. The van der Waals surface area contributed by atoms with Crippen molar-refractivity contribution in [1.29, 1.82) is 0 Å². The normalized spacial score (nSPS) is 15.9. The molecule has 0 bridgehead atoms. The molecule has 1 amide bonds. The van der Waals surface area contributed by atoms with E-state index in [2.05, 4.69) is 17.4 Å². The molecule has 1 heterocycles. The van der Waals surface area contributed by atoms with Gasteiger partial charge in [-0.05, 0) is 30.5 Å². The molecular weight excluding hydrogens is 374 g/mol. The molecule has 1 fully saturated rings. The first-order valence-corrected chi connectivity index (χ1v) is 9.58. The Hall–Kier alpha value is -3.22. The second-order valence-corrected chi connectivity index (χ2v) is 7.20. The molecule has 2 aliphatic rings. The van der Waals surface area contributed by atoms with Crippen molar-refractivity contribution < 1.29 is 28.5 Å². The number of hydrogen-bond donors (Lipinski definition) is 1. The molecule has 29 heavy (non-hydrogen) atoms. The van der Waals surface area contributed by atoms with Gasteiger partial charge in [0, 0.05) is 12.0 Å². The lowest BCUT2D eigenvalue weighted by molar-refractivity contribution is -0.124. The number of hydrogen-bond acceptors (Lipinski definition) is 6. The van der Waals surface area contributed by atoms with Crippen molar-refractivity contribution in [3.63, 3.8) is 0 Å². The lowest BCUT2D eigenvalue weighted by Gasteiger charge is -2.21. The van der Waals surface area contributed by atoms with E-state index < -0.39 is 5.97 Å². The van der Waals surface area contributed by atoms with E-state index in [0.29, 0.717) is 37.0 Å². The molecule has 0 spiro atoms. The van der Waals surface area contributed by atoms with Crippen LogP contribution in [0.5, 0.6) is 17.2 Å². The zero-order chi connectivity index (χ0) is 20.3. The molecular formula is C22H23NO6. The Morgan fingerprint density at radius 3 is 2.59 bits per heavy atom. The Morgan fingerprint density at radius 2 is 1.86 bits per heavy atom. The largest absolute Gasteiger partial charge is 0.493 e. The molecule has 2 aromatic carbocycles. The fourth-order valence-corrected chi connectivity index (χ4v) is 3.43. The van der Waals surface area contributed by atoms with E-state index in [9.17, 15) is 9.59 Å². The molecule has 2 aromatic rings. The predicted octanol–water partition coefficient (Wildman–Crippen LogP) is 2.47. The summed E-state index contributed by atoms with van der Waals surface area (Å²) in [7, 11) is 1.48. The van der Waals surface area contributed by atoms with Crippen LogP contribution in [0.1, 0.15) is 28.8 Å². The first-order chi connectivity index (χ1) is 14.1. The van der Waals surface area contributed by atoms with Crippen LogP contribution in [0, 0.1) is 0 Å². The highest BCUT2D eigenvalue weighted by Gasteiger charge is 2.44. The number of fused-ring (bicyclic) bond motifs is 1. The summed E-state index contributed by atoms with van der Waals surface area (Å²) in [5.41, 5.74) is 1.46. The first-order valence-electron chi connectivity index (χ1n) is 9.58. The Morgan fingerprint density at radius 1 is 1.10 bits per heavy atom. The van der Waals surface area contributed by atoms with Crippen molar-refractivity contribution in [2.75, 3.05) is 33.5 Å². The SMILES string of the molecule is COc1cc(C(=O)OCC(=O)NCC2(c3ccccc3)CC2)cc2c1OCCO2. The zero-order valence-electron chi connectivity index (χ0n) is 16.2. The number of benzene rings is 2. The molecule has 1 aliphatic carbocycles. The van der Waals surface area contributed by atoms with Gasteiger partial charge in [0.05, 0.1) is 12.7 Å². The van der Waals surface area contributed by atoms with Crippen LogP contribution in [0.15, 0.2) is 42.5 Å². The van der Waals surface area contributed by atoms with Crippen molar-refractivity contribution in [3.8, 4) is 17.2 Å². The van der Waals surface area contributed by atoms with E-state index in [4.69, 9.17) is 18.9 Å². The molecule has 1 saturated carbocycles. The summed E-state index contributed by atoms with van der Waals surface area (Å²) in [5, 5.41) is 2.88. The third kappa shape index (κ3) is 4.13. The zero-order valence-corrected chi connectivity index (χ0v) is 16.2. The smallest absolute Gasteiger partial charge is 0.338 e. The van der Waals surface area contributed by atoms with Crippen LogP contribution in [0.25, 0.3) is 0 Å². The average molecular weight is 397 g/mol. The number of amides is 1. The number of carbonyl (C=O) groups is 2. The van der Waals surface area contributed by atoms with Gasteiger partial charge in [-0.2, -0.15) is 0 Å². The third-order valence-electron chi connectivity index (χ3n) is 5.26. The lowest BCUT2D eigenvalue weighted by Crippen LogP contribution is -2.35. The van der Waals surface area contributed by atoms with Crippen molar-refractivity contribution in [3.05, 3.63) is 53.6 Å². The maximum Gasteiger partial charge on any atom is 0.338 e. The van der Waals surface area contributed by atoms with Gasteiger partial charge >= 0.3 is 5.97 Å². The van der Waals surface area contributed by atoms with Gasteiger partial charge in [-0.25, -0.2) is 4.79 Å². The number of ether oxygens (including phenoxy) is 4. The van der Waals surface area contributed by atoms with Crippen LogP contribution in [0.2, 0.25) is 0 Å². The van der Waals surface area contributed by atoms with Gasteiger partial charge in [0.15, 0.2) is 18.1 Å². The molecule has 0 radical (unpaired) electrons. The van der Waals surface area contributed by atoms with E-state index >= 15 is 0 Å². The molecule has 0 saturated heterocycles. The van der Waals surface area contributed by atoms with Crippen molar-refractivity contribution in [2.45, 2.75) is 18.3 Å². The van der Waals surface area contributed by atoms with Gasteiger partial charge in [-0.1, -0.05) is 30.3 Å². The van der Waals surface area contributed by atoms with Crippen molar-refractivity contribution in [2.24, 2.45) is 0 Å². The summed E-state index contributed by atoms with van der Waals surface area (Å²) < 4.78 is 21.5. The summed E-state index contributed by atoms with van der Waals surface area (Å²) >= 11 is 0. The summed E-state index contributed by atoms with van der Waals surface area (Å²) in [6.07, 6.45) is 2.07. The Labute approximate surface area is 168 Å². The maximum absolute atomic E-state index is 12.4. The van der Waals surface area contributed by atoms with Crippen LogP contribution in [0.3, 0.4) is 0 Å². The van der Waals surface area contributed by atoms with Crippen LogP contribution in [-0.2, 0) is 14.9 Å². The Kier molecular flexibility index (Phi) is 5.29. The van der Waals surface area contributed by atoms with Gasteiger partial charge in [0.1, 0.15) is 13.2 Å². The van der Waals surface area contributed by atoms with E-state index in [1.807, 2.05) is 18.2 Å². The predicted molar refractivity (Wildman–Crippen MR) is 105 cm³/mol. The molecule has 0 unspecified atom stereocenters. The van der Waals surface area contributed by atoms with Gasteiger partial charge in [0.2, 0.25) is 5.75 Å². The number of rotatable bonds is 7. The van der Waals surface area contributed by atoms with Gasteiger partial charge in [-0.15, -0.1) is 0 Å². The van der Waals surface area contributed by atoms with Crippen LogP contribution in [0.4, 0.5) is 0 Å². The minimum atomic E-state index is -0.625. The van der Waals surface area contributed by atoms with E-state index in [-0.39, 0.29) is 23.5 Å². The van der Waals surface area contributed by atoms with Gasteiger partial charge in [0.25, 0.3) is 5.91 Å². The van der Waals surface area contributed by atoms with Crippen LogP contribution in [-0.4, -0.2) is 45.4 Å². The summed E-state index contributed by atoms with van der Waals surface area (Å²) in [6, 6.07) is 13.2. The standard InChI is InChI=1S/C22H23NO6/c1-26-17-11-15(12-18-20(17)28-10-9-27-18)21(25)29-13-19(24)23-14-22(7-8-22)16-5-3-2-4-6-16/h2-6,11-12H,7-10,13-14H2,1H3,(H,23,24). The summed E-state index contributed by atoms with van der Waals surface area (Å²) in [6.45, 7) is 0.990. The lowest BCUT2D eigenvalue weighted by atomic mass is 9.96. The van der Waals surface area contributed by atoms with Gasteiger partial charge < -0.3 is 24.3 Å². The van der Waals surface area contributed by atoms with Crippen molar-refractivity contribution in [1.82, 2.24) is 5.32 Å². The molecule has 7 nitrogen and oxygen atoms in total. The minimum absolute atomic E-state index is 0.00409. The highest BCUT2D eigenvalue weighted by molar-refractivity contribution is 5.92. The third-order valence-corrected chi connectivity index (χ3v) is 5.26. The Balaban J connectivity index is 1.32. The van der Waals surface area contributed by atoms with Crippen molar-refractivity contribution >= 4 is 11.9 Å². The molecule has 0 atom stereocenters. The molecule has 7 heteroatoms. The molecule has 4 rings (SSSR count). The van der Waals surface area contributed by atoms with E-state index in [0.717, 1.165) is 12.8 Å². The number of esters is 1. The first kappa shape index (κ1) is 19.1. The van der Waals surface area contributed by atoms with E-state index in [1.165, 1.54) is 24.8 Å². The fraction of sp³-hybridized carbons (Fsp3) is 0.364. The molecule has 152 valence electrons. The topological polar surface area (TPSA) is 83.1 Å². The van der Waals surface area contributed by atoms with Crippen LogP contribution < -0.4 is 19.5 Å². The molecule has 0 aromatic heterocycles. The van der Waals surface area contributed by atoms with E-state index in [1.54, 1.807) is 0 Å². The highest BCUT2D eigenvalue weighted by Crippen LogP contribution is 2.47. The second kappa shape index (κ2) is 8.03. The quantitative estimate of drug-likeness (QED) is 0.723. The number of nitrogens with one attached hydrogen (secondary N) is 1. The summed E-state index contributed by atoms with van der Waals surface area (Å²) in [4.78, 5) is 24.6. The summed E-state index contributed by atoms with van der Waals surface area (Å²) in [5.74, 6) is 0.316. The van der Waals surface area contributed by atoms with Gasteiger partial charge in [-0.3, -0.25) is 4.79 Å². The highest BCUT2D eigenvalue weighted by atomic mass is 16.6. The average Bonchev–Trinajstić information content (AvgIpc) is 3.57.